The van der Waals surface area contributed by atoms with Gasteiger partial charge in [-0.1, -0.05) is 24.9 Å². The van der Waals surface area contributed by atoms with Crippen molar-refractivity contribution in [3.63, 3.8) is 0 Å². The Morgan fingerprint density at radius 3 is 2.72 bits per heavy atom. The van der Waals surface area contributed by atoms with Crippen molar-refractivity contribution in [1.82, 2.24) is 14.6 Å². The van der Waals surface area contributed by atoms with Gasteiger partial charge in [0, 0.05) is 5.41 Å². The molecular formula is C12H12Cl2IN3. The predicted octanol–water partition coefficient (Wildman–Crippen LogP) is 4.47. The summed E-state index contributed by atoms with van der Waals surface area (Å²) in [6.45, 7) is 2.23. The molecule has 96 valence electrons. The van der Waals surface area contributed by atoms with E-state index in [0.29, 0.717) is 0 Å². The molecule has 2 aromatic heterocycles. The molecule has 3 rings (SSSR count). The van der Waals surface area contributed by atoms with Gasteiger partial charge in [0.05, 0.1) is 20.5 Å². The summed E-state index contributed by atoms with van der Waals surface area (Å²) in [4.78, 5) is 4.02. The van der Waals surface area contributed by atoms with Gasteiger partial charge < -0.3 is 0 Å². The molecule has 18 heavy (non-hydrogen) atoms. The van der Waals surface area contributed by atoms with E-state index in [9.17, 15) is 0 Å². The quantitative estimate of drug-likeness (QED) is 0.702. The lowest BCUT2D eigenvalue weighted by atomic mass is 9.65. The lowest BCUT2D eigenvalue weighted by molar-refractivity contribution is 0.223. The molecule has 0 saturated heterocycles. The van der Waals surface area contributed by atoms with Crippen molar-refractivity contribution in [2.45, 2.75) is 38.0 Å². The molecule has 0 aromatic carbocycles. The van der Waals surface area contributed by atoms with Crippen LogP contribution in [0.2, 0.25) is 10.3 Å². The standard InChI is InChI=1S/C12H12Cl2IN3/c1-2-12(4-3-5-12)10-9(15)8(13)7-6-16-11(14)17-18(7)10/h6H,2-5H2,1H3. The largest absolute Gasteiger partial charge is 0.241 e. The Morgan fingerprint density at radius 2 is 2.17 bits per heavy atom. The molecule has 1 fully saturated rings. The van der Waals surface area contributed by atoms with Gasteiger partial charge in [0.15, 0.2) is 0 Å². The fraction of sp³-hybridized carbons (Fsp3) is 0.500. The first-order valence-corrected chi connectivity index (χ1v) is 7.81. The summed E-state index contributed by atoms with van der Waals surface area (Å²) >= 11 is 14.6. The number of fused-ring (bicyclic) bond motifs is 1. The van der Waals surface area contributed by atoms with Crippen LogP contribution in [-0.2, 0) is 5.41 Å². The van der Waals surface area contributed by atoms with Gasteiger partial charge in [-0.3, -0.25) is 0 Å². The van der Waals surface area contributed by atoms with Crippen LogP contribution >= 0.6 is 45.8 Å². The molecule has 2 aromatic rings. The second kappa shape index (κ2) is 4.49. The molecule has 0 N–H and O–H groups in total. The Morgan fingerprint density at radius 1 is 1.44 bits per heavy atom. The Hall–Kier alpha value is -0.0700. The molecule has 0 unspecified atom stereocenters. The van der Waals surface area contributed by atoms with Crippen molar-refractivity contribution in [2.24, 2.45) is 0 Å². The van der Waals surface area contributed by atoms with Crippen LogP contribution in [0.1, 0.15) is 38.3 Å². The molecule has 0 aliphatic heterocycles. The number of hydrogen-bond acceptors (Lipinski definition) is 2. The zero-order valence-corrected chi connectivity index (χ0v) is 13.6. The van der Waals surface area contributed by atoms with Crippen LogP contribution in [-0.4, -0.2) is 14.6 Å². The summed E-state index contributed by atoms with van der Waals surface area (Å²) < 4.78 is 2.98. The summed E-state index contributed by atoms with van der Waals surface area (Å²) in [7, 11) is 0. The van der Waals surface area contributed by atoms with E-state index in [1.165, 1.54) is 25.0 Å². The third kappa shape index (κ3) is 1.68. The minimum atomic E-state index is 0.213. The zero-order chi connectivity index (χ0) is 12.9. The van der Waals surface area contributed by atoms with Crippen molar-refractivity contribution < 1.29 is 0 Å². The van der Waals surface area contributed by atoms with Crippen molar-refractivity contribution in [3.8, 4) is 0 Å². The number of halogens is 3. The smallest absolute Gasteiger partial charge is 0.230 e. The molecule has 0 spiro atoms. The van der Waals surface area contributed by atoms with E-state index >= 15 is 0 Å². The normalized spacial score (nSPS) is 18.0. The van der Waals surface area contributed by atoms with E-state index in [1.54, 1.807) is 6.20 Å². The number of rotatable bonds is 2. The monoisotopic (exact) mass is 395 g/mol. The van der Waals surface area contributed by atoms with Gasteiger partial charge in [-0.15, -0.1) is 5.10 Å². The van der Waals surface area contributed by atoms with Crippen molar-refractivity contribution >= 4 is 51.3 Å². The zero-order valence-electron chi connectivity index (χ0n) is 9.88. The third-order valence-electron chi connectivity index (χ3n) is 4.03. The van der Waals surface area contributed by atoms with Gasteiger partial charge in [-0.25, -0.2) is 9.50 Å². The Bertz CT molecular complexity index is 614. The average Bonchev–Trinajstić information content (AvgIpc) is 2.54. The summed E-state index contributed by atoms with van der Waals surface area (Å²) in [5, 5.41) is 5.33. The topological polar surface area (TPSA) is 30.2 Å². The molecule has 1 aliphatic rings. The van der Waals surface area contributed by atoms with Gasteiger partial charge in [-0.2, -0.15) is 0 Å². The molecule has 2 heterocycles. The second-order valence-corrected chi connectivity index (χ2v) is 6.58. The minimum Gasteiger partial charge on any atom is -0.230 e. The second-order valence-electron chi connectivity index (χ2n) is 4.79. The highest BCUT2D eigenvalue weighted by atomic mass is 127. The van der Waals surface area contributed by atoms with Gasteiger partial charge >= 0.3 is 0 Å². The summed E-state index contributed by atoms with van der Waals surface area (Å²) in [6, 6.07) is 0. The third-order valence-corrected chi connectivity index (χ3v) is 5.96. The van der Waals surface area contributed by atoms with E-state index in [4.69, 9.17) is 23.2 Å². The van der Waals surface area contributed by atoms with Crippen LogP contribution in [0.15, 0.2) is 6.20 Å². The fourth-order valence-corrected chi connectivity index (χ4v) is 4.20. The first-order valence-electron chi connectivity index (χ1n) is 5.98. The summed E-state index contributed by atoms with van der Waals surface area (Å²) in [5.41, 5.74) is 2.27. The lowest BCUT2D eigenvalue weighted by Crippen LogP contribution is -2.35. The van der Waals surface area contributed by atoms with Crippen LogP contribution in [0.3, 0.4) is 0 Å². The Labute approximate surface area is 129 Å². The van der Waals surface area contributed by atoms with Crippen LogP contribution in [0.5, 0.6) is 0 Å². The van der Waals surface area contributed by atoms with E-state index < -0.39 is 0 Å². The highest BCUT2D eigenvalue weighted by Gasteiger charge is 2.42. The van der Waals surface area contributed by atoms with Crippen molar-refractivity contribution in [3.05, 3.63) is 25.8 Å². The van der Waals surface area contributed by atoms with Crippen LogP contribution in [0.4, 0.5) is 0 Å². The maximum atomic E-state index is 6.39. The number of aromatic nitrogens is 3. The van der Waals surface area contributed by atoms with Gasteiger partial charge in [-0.05, 0) is 53.5 Å². The van der Waals surface area contributed by atoms with Crippen molar-refractivity contribution in [2.75, 3.05) is 0 Å². The molecule has 0 bridgehead atoms. The highest BCUT2D eigenvalue weighted by Crippen LogP contribution is 2.49. The van der Waals surface area contributed by atoms with E-state index in [1.807, 2.05) is 4.52 Å². The first kappa shape index (κ1) is 12.9. The Balaban J connectivity index is 2.34. The molecule has 0 radical (unpaired) electrons. The number of nitrogens with zero attached hydrogens (tertiary/aromatic N) is 3. The molecule has 0 atom stereocenters. The molecule has 1 aliphatic carbocycles. The Kier molecular flexibility index (Phi) is 3.23. The maximum absolute atomic E-state index is 6.39. The van der Waals surface area contributed by atoms with Gasteiger partial charge in [0.25, 0.3) is 0 Å². The average molecular weight is 396 g/mol. The van der Waals surface area contributed by atoms with Gasteiger partial charge in [0.1, 0.15) is 5.52 Å². The summed E-state index contributed by atoms with van der Waals surface area (Å²) in [6.07, 6.45) is 6.47. The fourth-order valence-electron chi connectivity index (χ4n) is 2.78. The molecular weight excluding hydrogens is 384 g/mol. The van der Waals surface area contributed by atoms with Crippen LogP contribution in [0.25, 0.3) is 5.52 Å². The van der Waals surface area contributed by atoms with E-state index in [-0.39, 0.29) is 10.7 Å². The molecule has 6 heteroatoms. The first-order chi connectivity index (χ1) is 8.59. The van der Waals surface area contributed by atoms with Gasteiger partial charge in [0.2, 0.25) is 5.28 Å². The molecule has 0 amide bonds. The van der Waals surface area contributed by atoms with Crippen LogP contribution < -0.4 is 0 Å². The van der Waals surface area contributed by atoms with Crippen LogP contribution in [0, 0.1) is 3.57 Å². The van der Waals surface area contributed by atoms with E-state index in [2.05, 4.69) is 39.6 Å². The predicted molar refractivity (Wildman–Crippen MR) is 81.5 cm³/mol. The maximum Gasteiger partial charge on any atom is 0.241 e. The SMILES string of the molecule is CCC1(c2c(I)c(Cl)c3cnc(Cl)nn23)CCC1. The molecule has 3 nitrogen and oxygen atoms in total. The van der Waals surface area contributed by atoms with Crippen molar-refractivity contribution in [1.29, 1.82) is 0 Å². The highest BCUT2D eigenvalue weighted by molar-refractivity contribution is 14.1. The lowest BCUT2D eigenvalue weighted by Gasteiger charge is -2.41. The summed E-state index contributed by atoms with van der Waals surface area (Å²) in [5.74, 6) is 0. The number of hydrogen-bond donors (Lipinski definition) is 0. The molecule has 1 saturated carbocycles. The minimum absolute atomic E-state index is 0.213. The van der Waals surface area contributed by atoms with E-state index in [0.717, 1.165) is 20.5 Å².